The average Bonchev–Trinajstić information content (AvgIpc) is 2.76. The van der Waals surface area contributed by atoms with Gasteiger partial charge in [0.15, 0.2) is 5.79 Å². The molecule has 2 aromatic carbocycles. The van der Waals surface area contributed by atoms with E-state index >= 15 is 0 Å². The zero-order valence-corrected chi connectivity index (χ0v) is 13.6. The van der Waals surface area contributed by atoms with E-state index in [-0.39, 0.29) is 6.10 Å². The highest BCUT2D eigenvalue weighted by molar-refractivity contribution is 5.71. The number of hydrogen-bond donors (Lipinski definition) is 0. The number of ether oxygens (including phenoxy) is 1. The van der Waals surface area contributed by atoms with Gasteiger partial charge in [0.25, 0.3) is 0 Å². The lowest BCUT2D eigenvalue weighted by Gasteiger charge is -2.21. The van der Waals surface area contributed by atoms with Crippen molar-refractivity contribution in [1.82, 2.24) is 0 Å². The van der Waals surface area contributed by atoms with Crippen molar-refractivity contribution in [2.75, 3.05) is 6.61 Å². The molecular weight excluding hydrogens is 288 g/mol. The third-order valence-electron chi connectivity index (χ3n) is 3.95. The Balaban J connectivity index is 1.73. The van der Waals surface area contributed by atoms with Gasteiger partial charge in [-0.3, -0.25) is 0 Å². The first-order chi connectivity index (χ1) is 11.1. The van der Waals surface area contributed by atoms with Gasteiger partial charge in [-0.1, -0.05) is 61.2 Å². The predicted molar refractivity (Wildman–Crippen MR) is 91.5 cm³/mol. The van der Waals surface area contributed by atoms with Crippen LogP contribution in [0.2, 0.25) is 0 Å². The highest BCUT2D eigenvalue weighted by Gasteiger charge is 2.28. The Morgan fingerprint density at radius 3 is 2.35 bits per heavy atom. The van der Waals surface area contributed by atoms with Gasteiger partial charge < -0.3 is 4.74 Å². The Hall–Kier alpha value is -1.94. The molecule has 1 unspecified atom stereocenters. The second-order valence-corrected chi connectivity index (χ2v) is 6.17. The zero-order valence-electron chi connectivity index (χ0n) is 13.6. The third-order valence-corrected chi connectivity index (χ3v) is 3.95. The SMILES string of the molecule is C=C(c1ccc(-c2ccccc2)cc1)C1CCOC(C)(C)OO1. The largest absolute Gasteiger partial charge is 0.348 e. The summed E-state index contributed by atoms with van der Waals surface area (Å²) < 4.78 is 5.60. The van der Waals surface area contributed by atoms with Crippen LogP contribution in [0.3, 0.4) is 0 Å². The van der Waals surface area contributed by atoms with Crippen LogP contribution in [-0.2, 0) is 14.5 Å². The van der Waals surface area contributed by atoms with E-state index in [1.54, 1.807) is 0 Å². The molecule has 1 fully saturated rings. The first-order valence-corrected chi connectivity index (χ1v) is 7.88. The fraction of sp³-hybridized carbons (Fsp3) is 0.300. The molecule has 3 heteroatoms. The third kappa shape index (κ3) is 3.88. The summed E-state index contributed by atoms with van der Waals surface area (Å²) in [4.78, 5) is 10.9. The molecule has 23 heavy (non-hydrogen) atoms. The van der Waals surface area contributed by atoms with Crippen molar-refractivity contribution in [2.45, 2.75) is 32.2 Å². The normalized spacial score (nSPS) is 20.7. The van der Waals surface area contributed by atoms with Gasteiger partial charge in [-0.2, -0.15) is 0 Å². The summed E-state index contributed by atoms with van der Waals surface area (Å²) in [6.45, 7) is 8.44. The summed E-state index contributed by atoms with van der Waals surface area (Å²) in [7, 11) is 0. The summed E-state index contributed by atoms with van der Waals surface area (Å²) in [5.74, 6) is -0.716. The molecule has 0 amide bonds. The minimum Gasteiger partial charge on any atom is -0.348 e. The van der Waals surface area contributed by atoms with Crippen LogP contribution in [0.15, 0.2) is 61.2 Å². The standard InChI is InChI=1S/C20H22O3/c1-15(19-13-14-21-20(2,3)23-22-19)16-9-11-18(12-10-16)17-7-5-4-6-8-17/h4-12,19H,1,13-14H2,2-3H3. The van der Waals surface area contributed by atoms with Crippen molar-refractivity contribution < 1.29 is 14.5 Å². The molecule has 1 atom stereocenters. The second-order valence-electron chi connectivity index (χ2n) is 6.17. The predicted octanol–water partition coefficient (Wildman–Crippen LogP) is 4.84. The molecule has 120 valence electrons. The van der Waals surface area contributed by atoms with E-state index in [9.17, 15) is 0 Å². The second kappa shape index (κ2) is 6.67. The lowest BCUT2D eigenvalue weighted by atomic mass is 9.97. The molecular formula is C20H22O3. The molecule has 3 rings (SSSR count). The summed E-state index contributed by atoms with van der Waals surface area (Å²) in [5.41, 5.74) is 4.35. The van der Waals surface area contributed by atoms with Gasteiger partial charge in [-0.05, 0) is 36.1 Å². The summed E-state index contributed by atoms with van der Waals surface area (Å²) in [6, 6.07) is 18.7. The fourth-order valence-corrected chi connectivity index (χ4v) is 2.58. The van der Waals surface area contributed by atoms with Gasteiger partial charge in [-0.25, -0.2) is 9.78 Å². The van der Waals surface area contributed by atoms with Gasteiger partial charge in [0, 0.05) is 6.42 Å². The maximum absolute atomic E-state index is 5.60. The smallest absolute Gasteiger partial charge is 0.195 e. The summed E-state index contributed by atoms with van der Waals surface area (Å²) in [6.07, 6.45) is 0.530. The number of hydrogen-bond acceptors (Lipinski definition) is 3. The van der Waals surface area contributed by atoms with E-state index in [1.807, 2.05) is 32.0 Å². The van der Waals surface area contributed by atoms with Crippen LogP contribution in [0.1, 0.15) is 25.8 Å². The molecule has 3 nitrogen and oxygen atoms in total. The van der Waals surface area contributed by atoms with Crippen molar-refractivity contribution in [3.8, 4) is 11.1 Å². The molecule has 0 spiro atoms. The molecule has 1 aliphatic rings. The molecule has 1 heterocycles. The van der Waals surface area contributed by atoms with Crippen molar-refractivity contribution in [3.63, 3.8) is 0 Å². The summed E-state index contributed by atoms with van der Waals surface area (Å²) in [5, 5.41) is 0. The minimum atomic E-state index is -0.716. The molecule has 0 radical (unpaired) electrons. The minimum absolute atomic E-state index is 0.195. The Morgan fingerprint density at radius 1 is 1.00 bits per heavy atom. The van der Waals surface area contributed by atoms with Crippen LogP contribution >= 0.6 is 0 Å². The van der Waals surface area contributed by atoms with Gasteiger partial charge in [0.1, 0.15) is 6.10 Å². The maximum Gasteiger partial charge on any atom is 0.195 e. The van der Waals surface area contributed by atoms with Gasteiger partial charge >= 0.3 is 0 Å². The highest BCUT2D eigenvalue weighted by Crippen LogP contribution is 2.28. The number of benzene rings is 2. The van der Waals surface area contributed by atoms with Crippen LogP contribution in [0, 0.1) is 0 Å². The molecule has 1 saturated heterocycles. The topological polar surface area (TPSA) is 27.7 Å². The van der Waals surface area contributed by atoms with E-state index in [1.165, 1.54) is 11.1 Å². The van der Waals surface area contributed by atoms with E-state index in [0.29, 0.717) is 6.61 Å². The van der Waals surface area contributed by atoms with Crippen molar-refractivity contribution >= 4 is 5.57 Å². The number of rotatable bonds is 3. The van der Waals surface area contributed by atoms with E-state index in [0.717, 1.165) is 17.6 Å². The lowest BCUT2D eigenvalue weighted by molar-refractivity contribution is -0.411. The molecule has 1 aliphatic heterocycles. The van der Waals surface area contributed by atoms with Gasteiger partial charge in [0.2, 0.25) is 0 Å². The van der Waals surface area contributed by atoms with Crippen molar-refractivity contribution in [2.24, 2.45) is 0 Å². The summed E-state index contributed by atoms with van der Waals surface area (Å²) >= 11 is 0. The van der Waals surface area contributed by atoms with Gasteiger partial charge in [0.05, 0.1) is 6.61 Å². The first-order valence-electron chi connectivity index (χ1n) is 7.88. The molecule has 0 N–H and O–H groups in total. The lowest BCUT2D eigenvalue weighted by Crippen LogP contribution is -2.27. The molecule has 2 aromatic rings. The van der Waals surface area contributed by atoms with E-state index in [2.05, 4.69) is 43.0 Å². The Kier molecular flexibility index (Phi) is 4.62. The van der Waals surface area contributed by atoms with Crippen LogP contribution in [0.4, 0.5) is 0 Å². The zero-order chi connectivity index (χ0) is 16.3. The van der Waals surface area contributed by atoms with Gasteiger partial charge in [-0.15, -0.1) is 0 Å². The molecule has 0 aliphatic carbocycles. The van der Waals surface area contributed by atoms with E-state index in [4.69, 9.17) is 14.5 Å². The molecule has 0 bridgehead atoms. The monoisotopic (exact) mass is 310 g/mol. The van der Waals surface area contributed by atoms with Crippen molar-refractivity contribution in [3.05, 3.63) is 66.7 Å². The van der Waals surface area contributed by atoms with Crippen LogP contribution in [0.5, 0.6) is 0 Å². The first kappa shape index (κ1) is 15.9. The average molecular weight is 310 g/mol. The molecule has 0 aromatic heterocycles. The Bertz CT molecular complexity index is 659. The van der Waals surface area contributed by atoms with Crippen LogP contribution < -0.4 is 0 Å². The van der Waals surface area contributed by atoms with Crippen LogP contribution in [0.25, 0.3) is 16.7 Å². The Morgan fingerprint density at radius 2 is 1.65 bits per heavy atom. The maximum atomic E-state index is 5.60. The van der Waals surface area contributed by atoms with E-state index < -0.39 is 5.79 Å². The fourth-order valence-electron chi connectivity index (χ4n) is 2.58. The Labute approximate surface area is 137 Å². The highest BCUT2D eigenvalue weighted by atomic mass is 17.2. The van der Waals surface area contributed by atoms with Crippen molar-refractivity contribution in [1.29, 1.82) is 0 Å². The van der Waals surface area contributed by atoms with Crippen LogP contribution in [-0.4, -0.2) is 18.5 Å². The molecule has 0 saturated carbocycles. The quantitative estimate of drug-likeness (QED) is 0.759.